The molecule has 1 unspecified atom stereocenters. The van der Waals surface area contributed by atoms with Gasteiger partial charge in [-0.15, -0.1) is 0 Å². The summed E-state index contributed by atoms with van der Waals surface area (Å²) in [5.41, 5.74) is 5.79. The SMILES string of the molecule is CC(CNC(=O)c1cccc(Cl)c1Cl)C(N)=S. The molecule has 1 aromatic carbocycles. The smallest absolute Gasteiger partial charge is 0.252 e. The van der Waals surface area contributed by atoms with Crippen LogP contribution in [0.5, 0.6) is 0 Å². The minimum Gasteiger partial charge on any atom is -0.393 e. The number of thiocarbonyl (C=S) groups is 1. The molecule has 0 aromatic heterocycles. The number of hydrogen-bond acceptors (Lipinski definition) is 2. The van der Waals surface area contributed by atoms with Crippen LogP contribution in [0.15, 0.2) is 18.2 Å². The monoisotopic (exact) mass is 290 g/mol. The van der Waals surface area contributed by atoms with E-state index in [0.29, 0.717) is 22.1 Å². The van der Waals surface area contributed by atoms with Crippen LogP contribution in [0.4, 0.5) is 0 Å². The minimum absolute atomic E-state index is 0.0630. The lowest BCUT2D eigenvalue weighted by molar-refractivity contribution is 0.0951. The number of carbonyl (C=O) groups is 1. The fraction of sp³-hybridized carbons (Fsp3) is 0.273. The average molecular weight is 291 g/mol. The van der Waals surface area contributed by atoms with E-state index in [4.69, 9.17) is 41.2 Å². The highest BCUT2D eigenvalue weighted by Gasteiger charge is 2.13. The number of nitrogens with two attached hydrogens (primary N) is 1. The van der Waals surface area contributed by atoms with Crippen molar-refractivity contribution in [2.75, 3.05) is 6.54 Å². The minimum atomic E-state index is -0.291. The van der Waals surface area contributed by atoms with Crippen LogP contribution in [0.25, 0.3) is 0 Å². The normalized spacial score (nSPS) is 11.9. The maximum atomic E-state index is 11.8. The molecule has 0 aliphatic rings. The van der Waals surface area contributed by atoms with Crippen LogP contribution in [0, 0.1) is 5.92 Å². The fourth-order valence-electron chi connectivity index (χ4n) is 1.12. The lowest BCUT2D eigenvalue weighted by Gasteiger charge is -2.11. The molecular weight excluding hydrogens is 279 g/mol. The van der Waals surface area contributed by atoms with Gasteiger partial charge < -0.3 is 11.1 Å². The van der Waals surface area contributed by atoms with Crippen molar-refractivity contribution >= 4 is 46.3 Å². The second kappa shape index (κ2) is 6.19. The van der Waals surface area contributed by atoms with Crippen LogP contribution < -0.4 is 11.1 Å². The predicted molar refractivity (Wildman–Crippen MR) is 74.7 cm³/mol. The van der Waals surface area contributed by atoms with E-state index in [1.54, 1.807) is 18.2 Å². The zero-order chi connectivity index (χ0) is 13.0. The van der Waals surface area contributed by atoms with Gasteiger partial charge in [-0.3, -0.25) is 4.79 Å². The molecule has 0 spiro atoms. The van der Waals surface area contributed by atoms with E-state index >= 15 is 0 Å². The summed E-state index contributed by atoms with van der Waals surface area (Å²) in [6.07, 6.45) is 0. The second-order valence-electron chi connectivity index (χ2n) is 3.61. The molecule has 0 heterocycles. The van der Waals surface area contributed by atoms with Gasteiger partial charge in [0.25, 0.3) is 5.91 Å². The highest BCUT2D eigenvalue weighted by molar-refractivity contribution is 7.80. The van der Waals surface area contributed by atoms with Gasteiger partial charge >= 0.3 is 0 Å². The molecule has 1 amide bonds. The fourth-order valence-corrected chi connectivity index (χ4v) is 1.59. The molecule has 6 heteroatoms. The van der Waals surface area contributed by atoms with Gasteiger partial charge in [0.05, 0.1) is 20.6 Å². The molecule has 0 radical (unpaired) electrons. The van der Waals surface area contributed by atoms with Gasteiger partial charge in [0.2, 0.25) is 0 Å². The zero-order valence-corrected chi connectivity index (χ0v) is 11.5. The molecule has 1 aromatic rings. The number of hydrogen-bond donors (Lipinski definition) is 2. The lowest BCUT2D eigenvalue weighted by atomic mass is 10.1. The highest BCUT2D eigenvalue weighted by atomic mass is 35.5. The summed E-state index contributed by atoms with van der Waals surface area (Å²) in [4.78, 5) is 12.2. The van der Waals surface area contributed by atoms with E-state index in [0.717, 1.165) is 0 Å². The first-order chi connectivity index (χ1) is 7.93. The maximum absolute atomic E-state index is 11.8. The highest BCUT2D eigenvalue weighted by Crippen LogP contribution is 2.25. The Morgan fingerprint density at radius 2 is 2.18 bits per heavy atom. The summed E-state index contributed by atoms with van der Waals surface area (Å²) >= 11 is 16.6. The Morgan fingerprint density at radius 1 is 1.53 bits per heavy atom. The van der Waals surface area contributed by atoms with Crippen molar-refractivity contribution in [2.45, 2.75) is 6.92 Å². The summed E-state index contributed by atoms with van der Waals surface area (Å²) in [6.45, 7) is 2.21. The molecule has 0 fully saturated rings. The summed E-state index contributed by atoms with van der Waals surface area (Å²) in [7, 11) is 0. The molecule has 3 N–H and O–H groups in total. The first kappa shape index (κ1) is 14.2. The van der Waals surface area contributed by atoms with Crippen LogP contribution in [0.3, 0.4) is 0 Å². The van der Waals surface area contributed by atoms with Crippen molar-refractivity contribution < 1.29 is 4.79 Å². The van der Waals surface area contributed by atoms with E-state index in [1.165, 1.54) is 0 Å². The Morgan fingerprint density at radius 3 is 2.76 bits per heavy atom. The van der Waals surface area contributed by atoms with Crippen LogP contribution >= 0.6 is 35.4 Å². The zero-order valence-electron chi connectivity index (χ0n) is 9.17. The third-order valence-electron chi connectivity index (χ3n) is 2.25. The maximum Gasteiger partial charge on any atom is 0.252 e. The lowest BCUT2D eigenvalue weighted by Crippen LogP contribution is -2.33. The summed E-state index contributed by atoms with van der Waals surface area (Å²) in [6, 6.07) is 4.90. The number of amides is 1. The van der Waals surface area contributed by atoms with E-state index in [-0.39, 0.29) is 16.8 Å². The summed E-state index contributed by atoms with van der Waals surface area (Å²) in [5, 5.41) is 3.29. The third-order valence-corrected chi connectivity index (χ3v) is 3.47. The van der Waals surface area contributed by atoms with E-state index < -0.39 is 0 Å². The third kappa shape index (κ3) is 3.84. The van der Waals surface area contributed by atoms with Crippen molar-refractivity contribution in [2.24, 2.45) is 11.7 Å². The Labute approximate surface area is 115 Å². The molecule has 1 rings (SSSR count). The van der Waals surface area contributed by atoms with Gasteiger partial charge in [-0.1, -0.05) is 48.4 Å². The first-order valence-electron chi connectivity index (χ1n) is 4.95. The van der Waals surface area contributed by atoms with Crippen LogP contribution in [0.2, 0.25) is 10.0 Å². The Bertz CT molecular complexity index is 451. The number of nitrogens with one attached hydrogen (secondary N) is 1. The standard InChI is InChI=1S/C11H12Cl2N2OS/c1-6(10(14)17)5-15-11(16)7-3-2-4-8(12)9(7)13/h2-4,6H,5H2,1H3,(H2,14,17)(H,15,16). The first-order valence-corrected chi connectivity index (χ1v) is 6.11. The summed E-state index contributed by atoms with van der Waals surface area (Å²) in [5.74, 6) is -0.354. The van der Waals surface area contributed by atoms with Crippen molar-refractivity contribution in [3.05, 3.63) is 33.8 Å². The van der Waals surface area contributed by atoms with Gasteiger partial charge in [0, 0.05) is 12.5 Å². The molecule has 17 heavy (non-hydrogen) atoms. The molecule has 1 atom stereocenters. The Kier molecular flexibility index (Phi) is 5.18. The number of halogens is 2. The van der Waals surface area contributed by atoms with Crippen molar-refractivity contribution in [3.63, 3.8) is 0 Å². The Balaban J connectivity index is 2.71. The van der Waals surface area contributed by atoms with Crippen LogP contribution in [-0.2, 0) is 0 Å². The number of benzene rings is 1. The van der Waals surface area contributed by atoms with Gasteiger partial charge in [-0.25, -0.2) is 0 Å². The van der Waals surface area contributed by atoms with Crippen LogP contribution in [0.1, 0.15) is 17.3 Å². The number of rotatable bonds is 4. The van der Waals surface area contributed by atoms with Gasteiger partial charge in [-0.2, -0.15) is 0 Å². The topological polar surface area (TPSA) is 55.1 Å². The van der Waals surface area contributed by atoms with Crippen LogP contribution in [-0.4, -0.2) is 17.4 Å². The molecule has 0 aliphatic carbocycles. The van der Waals surface area contributed by atoms with E-state index in [9.17, 15) is 4.79 Å². The second-order valence-corrected chi connectivity index (χ2v) is 4.87. The molecule has 0 bridgehead atoms. The van der Waals surface area contributed by atoms with Crippen molar-refractivity contribution in [1.82, 2.24) is 5.32 Å². The average Bonchev–Trinajstić information content (AvgIpc) is 2.29. The molecule has 0 saturated carbocycles. The molecular formula is C11H12Cl2N2OS. The number of carbonyl (C=O) groups excluding carboxylic acids is 1. The molecule has 0 aliphatic heterocycles. The van der Waals surface area contributed by atoms with Crippen molar-refractivity contribution in [1.29, 1.82) is 0 Å². The molecule has 92 valence electrons. The molecule has 0 saturated heterocycles. The predicted octanol–water partition coefficient (Wildman–Crippen LogP) is 2.65. The van der Waals surface area contributed by atoms with Crippen molar-refractivity contribution in [3.8, 4) is 0 Å². The van der Waals surface area contributed by atoms with E-state index in [2.05, 4.69) is 5.32 Å². The van der Waals surface area contributed by atoms with Gasteiger partial charge in [0.15, 0.2) is 0 Å². The quantitative estimate of drug-likeness (QED) is 0.838. The molecule has 3 nitrogen and oxygen atoms in total. The van der Waals surface area contributed by atoms with Gasteiger partial charge in [0.1, 0.15) is 0 Å². The van der Waals surface area contributed by atoms with E-state index in [1.807, 2.05) is 6.92 Å². The largest absolute Gasteiger partial charge is 0.393 e. The van der Waals surface area contributed by atoms with Gasteiger partial charge in [-0.05, 0) is 12.1 Å². The summed E-state index contributed by atoms with van der Waals surface area (Å²) < 4.78 is 0. The Hall–Kier alpha value is -0.840.